The summed E-state index contributed by atoms with van der Waals surface area (Å²) in [6.07, 6.45) is 2.60. The first kappa shape index (κ1) is 15.8. The maximum Gasteiger partial charge on any atom is 0.322 e. The third-order valence-electron chi connectivity index (χ3n) is 4.72. The van der Waals surface area contributed by atoms with Crippen molar-refractivity contribution in [2.45, 2.75) is 38.3 Å². The monoisotopic (exact) mass is 316 g/mol. The van der Waals surface area contributed by atoms with Crippen molar-refractivity contribution in [1.82, 2.24) is 10.2 Å². The van der Waals surface area contributed by atoms with Crippen molar-refractivity contribution in [1.29, 1.82) is 0 Å². The van der Waals surface area contributed by atoms with Crippen LogP contribution in [0.2, 0.25) is 0 Å². The minimum absolute atomic E-state index is 0.0178. The molecular formula is C17H24N4O2. The van der Waals surface area contributed by atoms with Gasteiger partial charge in [-0.2, -0.15) is 0 Å². The lowest BCUT2D eigenvalue weighted by atomic mass is 10.1. The van der Waals surface area contributed by atoms with E-state index >= 15 is 0 Å². The van der Waals surface area contributed by atoms with Crippen LogP contribution in [0.25, 0.3) is 0 Å². The predicted octanol–water partition coefficient (Wildman–Crippen LogP) is 1.10. The topological polar surface area (TPSA) is 78.7 Å². The normalized spacial score (nSPS) is 22.0. The van der Waals surface area contributed by atoms with E-state index in [1.807, 2.05) is 28.0 Å². The van der Waals surface area contributed by atoms with Crippen LogP contribution in [-0.4, -0.2) is 48.6 Å². The number of hydrogen-bond donors (Lipinski definition) is 2. The lowest BCUT2D eigenvalue weighted by molar-refractivity contribution is -0.119. The highest BCUT2D eigenvalue weighted by molar-refractivity contribution is 5.95. The van der Waals surface area contributed by atoms with Crippen LogP contribution in [0.15, 0.2) is 24.3 Å². The van der Waals surface area contributed by atoms with Crippen LogP contribution in [-0.2, 0) is 11.2 Å². The minimum Gasteiger partial charge on any atom is -0.369 e. The zero-order chi connectivity index (χ0) is 16.4. The summed E-state index contributed by atoms with van der Waals surface area (Å²) >= 11 is 0. The zero-order valence-corrected chi connectivity index (χ0v) is 13.5. The predicted molar refractivity (Wildman–Crippen MR) is 89.3 cm³/mol. The van der Waals surface area contributed by atoms with Gasteiger partial charge in [0.1, 0.15) is 0 Å². The fraction of sp³-hybridized carbons (Fsp3) is 0.529. The molecule has 1 unspecified atom stereocenters. The smallest absolute Gasteiger partial charge is 0.322 e. The molecule has 0 radical (unpaired) electrons. The number of para-hydroxylation sites is 1. The quantitative estimate of drug-likeness (QED) is 0.876. The minimum atomic E-state index is -0.296. The van der Waals surface area contributed by atoms with Crippen LogP contribution < -0.4 is 16.0 Å². The fourth-order valence-electron chi connectivity index (χ4n) is 3.57. The Morgan fingerprint density at radius 3 is 2.65 bits per heavy atom. The molecule has 0 saturated carbocycles. The van der Waals surface area contributed by atoms with E-state index < -0.39 is 0 Å². The van der Waals surface area contributed by atoms with Crippen LogP contribution in [0, 0.1) is 0 Å². The van der Waals surface area contributed by atoms with E-state index in [1.165, 1.54) is 5.56 Å². The molecule has 1 atom stereocenters. The molecule has 0 spiro atoms. The third kappa shape index (κ3) is 3.47. The summed E-state index contributed by atoms with van der Waals surface area (Å²) in [7, 11) is 0. The number of carbonyl (C=O) groups is 2. The molecule has 0 bridgehead atoms. The van der Waals surface area contributed by atoms with E-state index in [4.69, 9.17) is 5.73 Å². The van der Waals surface area contributed by atoms with Crippen molar-refractivity contribution in [2.75, 3.05) is 24.5 Å². The van der Waals surface area contributed by atoms with Crippen molar-refractivity contribution >= 4 is 17.6 Å². The first-order chi connectivity index (χ1) is 11.0. The Morgan fingerprint density at radius 1 is 1.26 bits per heavy atom. The van der Waals surface area contributed by atoms with E-state index in [1.54, 1.807) is 0 Å². The number of likely N-dealkylation sites (tertiary alicyclic amines) is 1. The van der Waals surface area contributed by atoms with Crippen molar-refractivity contribution in [3.63, 3.8) is 0 Å². The maximum absolute atomic E-state index is 12.7. The maximum atomic E-state index is 12.7. The number of primary amides is 1. The molecule has 2 aliphatic rings. The molecule has 3 rings (SSSR count). The van der Waals surface area contributed by atoms with Crippen molar-refractivity contribution < 1.29 is 9.59 Å². The van der Waals surface area contributed by atoms with Gasteiger partial charge in [-0.3, -0.25) is 14.6 Å². The van der Waals surface area contributed by atoms with Gasteiger partial charge >= 0.3 is 6.03 Å². The first-order valence-corrected chi connectivity index (χ1v) is 8.23. The number of hydrogen-bond acceptors (Lipinski definition) is 3. The van der Waals surface area contributed by atoms with E-state index in [2.05, 4.69) is 18.3 Å². The van der Waals surface area contributed by atoms with Crippen LogP contribution in [0.1, 0.15) is 25.3 Å². The number of nitrogens with one attached hydrogen (secondary N) is 1. The molecule has 6 heteroatoms. The molecule has 0 aromatic heterocycles. The second-order valence-corrected chi connectivity index (χ2v) is 6.52. The molecule has 1 saturated heterocycles. The molecule has 1 fully saturated rings. The van der Waals surface area contributed by atoms with Gasteiger partial charge in [-0.1, -0.05) is 18.2 Å². The number of piperidine rings is 1. The van der Waals surface area contributed by atoms with Crippen LogP contribution in [0.3, 0.4) is 0 Å². The van der Waals surface area contributed by atoms with Gasteiger partial charge < -0.3 is 11.1 Å². The number of nitrogens with zero attached hydrogens (tertiary/aromatic N) is 2. The largest absolute Gasteiger partial charge is 0.369 e. The van der Waals surface area contributed by atoms with E-state index in [-0.39, 0.29) is 24.0 Å². The standard InChI is InChI=1S/C17H24N4O2/c1-12-10-13-4-2-3-5-15(13)21(12)17(23)19-14-6-8-20(9-7-14)11-16(18)22/h2-5,12,14H,6-11H2,1H3,(H2,18,22)(H,19,23). The van der Waals surface area contributed by atoms with Gasteiger partial charge in [0.2, 0.25) is 5.91 Å². The number of rotatable bonds is 3. The van der Waals surface area contributed by atoms with Gasteiger partial charge in [0.25, 0.3) is 0 Å². The molecule has 0 aliphatic carbocycles. The van der Waals surface area contributed by atoms with Crippen molar-refractivity contribution in [3.8, 4) is 0 Å². The SMILES string of the molecule is CC1Cc2ccccc2N1C(=O)NC1CCN(CC(N)=O)CC1. The summed E-state index contributed by atoms with van der Waals surface area (Å²) in [4.78, 5) is 27.5. The first-order valence-electron chi connectivity index (χ1n) is 8.23. The average molecular weight is 316 g/mol. The highest BCUT2D eigenvalue weighted by atomic mass is 16.2. The van der Waals surface area contributed by atoms with Gasteiger partial charge in [0.05, 0.1) is 6.54 Å². The summed E-state index contributed by atoms with van der Waals surface area (Å²) in [5, 5.41) is 3.15. The molecule has 1 aromatic rings. The molecule has 2 aliphatic heterocycles. The molecule has 124 valence electrons. The number of fused-ring (bicyclic) bond motifs is 1. The molecule has 6 nitrogen and oxygen atoms in total. The Balaban J connectivity index is 1.57. The number of carbonyl (C=O) groups excluding carboxylic acids is 2. The fourth-order valence-corrected chi connectivity index (χ4v) is 3.57. The summed E-state index contributed by atoms with van der Waals surface area (Å²) in [5.41, 5.74) is 7.47. The van der Waals surface area contributed by atoms with E-state index in [9.17, 15) is 9.59 Å². The van der Waals surface area contributed by atoms with Gasteiger partial charge in [0, 0.05) is 30.9 Å². The van der Waals surface area contributed by atoms with Crippen LogP contribution in [0.5, 0.6) is 0 Å². The second-order valence-electron chi connectivity index (χ2n) is 6.52. The average Bonchev–Trinajstić information content (AvgIpc) is 2.84. The van der Waals surface area contributed by atoms with Crippen molar-refractivity contribution in [3.05, 3.63) is 29.8 Å². The van der Waals surface area contributed by atoms with Crippen LogP contribution in [0.4, 0.5) is 10.5 Å². The Kier molecular flexibility index (Phi) is 4.52. The van der Waals surface area contributed by atoms with E-state index in [0.717, 1.165) is 38.0 Å². The lowest BCUT2D eigenvalue weighted by Gasteiger charge is -2.33. The summed E-state index contributed by atoms with van der Waals surface area (Å²) in [6, 6.07) is 8.40. The highest BCUT2D eigenvalue weighted by Gasteiger charge is 2.32. The number of urea groups is 1. The summed E-state index contributed by atoms with van der Waals surface area (Å²) < 4.78 is 0. The van der Waals surface area contributed by atoms with E-state index in [0.29, 0.717) is 6.54 Å². The lowest BCUT2D eigenvalue weighted by Crippen LogP contribution is -2.51. The highest BCUT2D eigenvalue weighted by Crippen LogP contribution is 2.31. The number of anilines is 1. The molecule has 3 amide bonds. The molecule has 3 N–H and O–H groups in total. The molecular weight excluding hydrogens is 292 g/mol. The van der Waals surface area contributed by atoms with Crippen LogP contribution >= 0.6 is 0 Å². The Hall–Kier alpha value is -2.08. The molecule has 1 aromatic carbocycles. The van der Waals surface area contributed by atoms with Crippen molar-refractivity contribution in [2.24, 2.45) is 5.73 Å². The Labute approximate surface area is 136 Å². The Bertz CT molecular complexity index is 596. The van der Waals surface area contributed by atoms with Gasteiger partial charge in [-0.15, -0.1) is 0 Å². The number of benzene rings is 1. The van der Waals surface area contributed by atoms with Gasteiger partial charge in [-0.05, 0) is 37.8 Å². The van der Waals surface area contributed by atoms with Gasteiger partial charge in [0.15, 0.2) is 0 Å². The third-order valence-corrected chi connectivity index (χ3v) is 4.72. The number of amides is 3. The summed E-state index contributed by atoms with van der Waals surface area (Å²) in [5.74, 6) is -0.296. The molecule has 23 heavy (non-hydrogen) atoms. The molecule has 2 heterocycles. The number of nitrogens with two attached hydrogens (primary N) is 1. The summed E-state index contributed by atoms with van der Waals surface area (Å²) in [6.45, 7) is 3.96. The Morgan fingerprint density at radius 2 is 1.96 bits per heavy atom. The van der Waals surface area contributed by atoms with Gasteiger partial charge in [-0.25, -0.2) is 4.79 Å². The second kappa shape index (κ2) is 6.58. The zero-order valence-electron chi connectivity index (χ0n) is 13.5.